The van der Waals surface area contributed by atoms with Crippen molar-refractivity contribution in [2.45, 2.75) is 31.8 Å². The van der Waals surface area contributed by atoms with Gasteiger partial charge in [0, 0.05) is 31.5 Å². The lowest BCUT2D eigenvalue weighted by atomic mass is 9.83. The maximum Gasteiger partial charge on any atom is 0.338 e. The van der Waals surface area contributed by atoms with Crippen molar-refractivity contribution >= 4 is 11.9 Å². The van der Waals surface area contributed by atoms with E-state index in [2.05, 4.69) is 0 Å². The van der Waals surface area contributed by atoms with E-state index in [1.165, 1.54) is 0 Å². The first kappa shape index (κ1) is 13.9. The van der Waals surface area contributed by atoms with Crippen molar-refractivity contribution in [3.05, 3.63) is 47.7 Å². The Morgan fingerprint density at radius 3 is 2.81 bits per heavy atom. The van der Waals surface area contributed by atoms with Crippen LogP contribution in [0.25, 0.3) is 0 Å². The second kappa shape index (κ2) is 5.72. The highest BCUT2D eigenvalue weighted by molar-refractivity contribution is 5.89. The van der Waals surface area contributed by atoms with Crippen LogP contribution < -0.4 is 0 Å². The predicted molar refractivity (Wildman–Crippen MR) is 78.5 cm³/mol. The zero-order chi connectivity index (χ0) is 14.8. The summed E-state index contributed by atoms with van der Waals surface area (Å²) in [4.78, 5) is 25.5. The van der Waals surface area contributed by atoms with Crippen LogP contribution in [-0.2, 0) is 9.53 Å². The molecule has 1 fully saturated rings. The number of hydrogen-bond donors (Lipinski definition) is 0. The minimum atomic E-state index is -0.266. The van der Waals surface area contributed by atoms with E-state index in [0.29, 0.717) is 24.3 Å². The molecular weight excluding hydrogens is 266 g/mol. The quantitative estimate of drug-likeness (QED) is 0.785. The van der Waals surface area contributed by atoms with Crippen LogP contribution in [0.15, 0.2) is 42.1 Å². The molecule has 0 unspecified atom stereocenters. The number of hydrogen-bond acceptors (Lipinski definition) is 3. The summed E-state index contributed by atoms with van der Waals surface area (Å²) in [6, 6.07) is 9.06. The van der Waals surface area contributed by atoms with Gasteiger partial charge in [-0.2, -0.15) is 0 Å². The zero-order valence-electron chi connectivity index (χ0n) is 12.1. The molecule has 2 aliphatic rings. The number of likely N-dealkylation sites (tertiary alicyclic amines) is 1. The second-order valence-corrected chi connectivity index (χ2v) is 5.68. The Kier molecular flexibility index (Phi) is 3.78. The van der Waals surface area contributed by atoms with E-state index in [0.717, 1.165) is 18.5 Å². The van der Waals surface area contributed by atoms with Crippen molar-refractivity contribution in [1.82, 2.24) is 4.90 Å². The van der Waals surface area contributed by atoms with Gasteiger partial charge in [0.25, 0.3) is 0 Å². The summed E-state index contributed by atoms with van der Waals surface area (Å²) in [5.41, 5.74) is 1.68. The van der Waals surface area contributed by atoms with Gasteiger partial charge in [-0.25, -0.2) is 4.79 Å². The molecule has 110 valence electrons. The Morgan fingerprint density at radius 2 is 2.05 bits per heavy atom. The molecule has 0 N–H and O–H groups in total. The summed E-state index contributed by atoms with van der Waals surface area (Å²) in [6.07, 6.45) is 4.89. The third-order valence-corrected chi connectivity index (χ3v) is 4.31. The molecule has 0 saturated carbocycles. The van der Waals surface area contributed by atoms with Crippen LogP contribution in [0.3, 0.4) is 0 Å². The number of benzene rings is 1. The third kappa shape index (κ3) is 2.84. The van der Waals surface area contributed by atoms with Crippen molar-refractivity contribution in [2.24, 2.45) is 5.92 Å². The van der Waals surface area contributed by atoms with Crippen LogP contribution in [0.1, 0.15) is 36.0 Å². The van der Waals surface area contributed by atoms with Crippen molar-refractivity contribution in [1.29, 1.82) is 0 Å². The molecule has 3 rings (SSSR count). The first-order valence-electron chi connectivity index (χ1n) is 7.38. The van der Waals surface area contributed by atoms with E-state index in [9.17, 15) is 9.59 Å². The van der Waals surface area contributed by atoms with E-state index in [-0.39, 0.29) is 18.0 Å². The first-order valence-corrected chi connectivity index (χ1v) is 7.38. The molecule has 1 aromatic rings. The van der Waals surface area contributed by atoms with E-state index >= 15 is 0 Å². The summed E-state index contributed by atoms with van der Waals surface area (Å²) in [5, 5.41) is 0. The smallest absolute Gasteiger partial charge is 0.338 e. The number of allylic oxidation sites excluding steroid dienone is 1. The van der Waals surface area contributed by atoms with E-state index in [1.54, 1.807) is 17.0 Å². The summed E-state index contributed by atoms with van der Waals surface area (Å²) < 4.78 is 5.60. The number of esters is 1. The average Bonchev–Trinajstić information content (AvgIpc) is 2.52. The number of carbonyl (C=O) groups is 2. The van der Waals surface area contributed by atoms with Crippen molar-refractivity contribution in [2.75, 3.05) is 7.05 Å². The van der Waals surface area contributed by atoms with Crippen LogP contribution in [0, 0.1) is 5.92 Å². The highest BCUT2D eigenvalue weighted by Crippen LogP contribution is 2.35. The van der Waals surface area contributed by atoms with Gasteiger partial charge < -0.3 is 9.64 Å². The van der Waals surface area contributed by atoms with Crippen LogP contribution in [0.2, 0.25) is 0 Å². The predicted octanol–water partition coefficient (Wildman–Crippen LogP) is 2.76. The molecule has 0 aromatic heterocycles. The van der Waals surface area contributed by atoms with Crippen molar-refractivity contribution in [3.63, 3.8) is 0 Å². The minimum Gasteiger partial charge on any atom is -0.458 e. The molecule has 0 radical (unpaired) electrons. The molecule has 1 aromatic carbocycles. The Balaban J connectivity index is 1.66. The van der Waals surface area contributed by atoms with Crippen molar-refractivity contribution < 1.29 is 14.3 Å². The van der Waals surface area contributed by atoms with Gasteiger partial charge in [-0.1, -0.05) is 24.3 Å². The molecule has 1 saturated heterocycles. The molecule has 21 heavy (non-hydrogen) atoms. The zero-order valence-corrected chi connectivity index (χ0v) is 12.1. The lowest BCUT2D eigenvalue weighted by molar-refractivity contribution is -0.131. The van der Waals surface area contributed by atoms with E-state index in [1.807, 2.05) is 31.3 Å². The topological polar surface area (TPSA) is 46.6 Å². The van der Waals surface area contributed by atoms with Gasteiger partial charge in [0.15, 0.2) is 0 Å². The van der Waals surface area contributed by atoms with Crippen LogP contribution >= 0.6 is 0 Å². The van der Waals surface area contributed by atoms with Crippen LogP contribution in [-0.4, -0.2) is 29.9 Å². The molecule has 4 heteroatoms. The second-order valence-electron chi connectivity index (χ2n) is 5.68. The number of rotatable bonds is 2. The number of ether oxygens (including phenoxy) is 1. The molecular formula is C17H19NO3. The minimum absolute atomic E-state index is 0.0898. The van der Waals surface area contributed by atoms with Crippen LogP contribution in [0.5, 0.6) is 0 Å². The normalized spacial score (nSPS) is 25.1. The molecule has 1 heterocycles. The Morgan fingerprint density at radius 1 is 1.29 bits per heavy atom. The van der Waals surface area contributed by atoms with Gasteiger partial charge in [-0.05, 0) is 25.0 Å². The summed E-state index contributed by atoms with van der Waals surface area (Å²) in [5.74, 6) is 0.241. The summed E-state index contributed by atoms with van der Waals surface area (Å²) in [6.45, 7) is 0. The SMILES string of the molecule is CN1C(=O)CC[C@H]2C[C@H](OC(=O)c3ccccc3)CC=C21. The lowest BCUT2D eigenvalue weighted by Crippen LogP contribution is -2.39. The highest BCUT2D eigenvalue weighted by atomic mass is 16.5. The molecule has 1 aliphatic heterocycles. The number of nitrogens with zero attached hydrogens (tertiary/aromatic N) is 1. The first-order chi connectivity index (χ1) is 10.1. The van der Waals surface area contributed by atoms with Gasteiger partial charge >= 0.3 is 5.97 Å². The average molecular weight is 285 g/mol. The Bertz CT molecular complexity index is 579. The van der Waals surface area contributed by atoms with Gasteiger partial charge in [0.1, 0.15) is 6.10 Å². The number of fused-ring (bicyclic) bond motifs is 1. The fourth-order valence-electron chi connectivity index (χ4n) is 3.13. The van der Waals surface area contributed by atoms with Gasteiger partial charge in [0.05, 0.1) is 5.56 Å². The van der Waals surface area contributed by atoms with E-state index < -0.39 is 0 Å². The summed E-state index contributed by atoms with van der Waals surface area (Å²) in [7, 11) is 1.83. The fourth-order valence-corrected chi connectivity index (χ4v) is 3.13. The number of piperidine rings is 1. The fraction of sp³-hybridized carbons (Fsp3) is 0.412. The number of carbonyl (C=O) groups excluding carboxylic acids is 2. The largest absolute Gasteiger partial charge is 0.458 e. The van der Waals surface area contributed by atoms with Crippen molar-refractivity contribution in [3.8, 4) is 0 Å². The standard InChI is InChI=1S/C17H19NO3/c1-18-15-9-8-14(11-13(15)7-10-16(18)19)21-17(20)12-5-3-2-4-6-12/h2-6,9,13-14H,7-8,10-11H2,1H3/t13-,14+/m0/s1. The monoisotopic (exact) mass is 285 g/mol. The molecule has 1 amide bonds. The maximum absolute atomic E-state index is 12.1. The Hall–Kier alpha value is -2.10. The van der Waals surface area contributed by atoms with Crippen LogP contribution in [0.4, 0.5) is 0 Å². The lowest BCUT2D eigenvalue weighted by Gasteiger charge is -2.37. The molecule has 0 spiro atoms. The van der Waals surface area contributed by atoms with Gasteiger partial charge in [-0.15, -0.1) is 0 Å². The van der Waals surface area contributed by atoms with E-state index in [4.69, 9.17) is 4.74 Å². The highest BCUT2D eigenvalue weighted by Gasteiger charge is 2.34. The molecule has 2 atom stereocenters. The molecule has 4 nitrogen and oxygen atoms in total. The summed E-state index contributed by atoms with van der Waals surface area (Å²) >= 11 is 0. The number of amides is 1. The molecule has 0 bridgehead atoms. The molecule has 1 aliphatic carbocycles. The van der Waals surface area contributed by atoms with Gasteiger partial charge in [-0.3, -0.25) is 4.79 Å². The Labute approximate surface area is 124 Å². The maximum atomic E-state index is 12.1. The third-order valence-electron chi connectivity index (χ3n) is 4.31. The van der Waals surface area contributed by atoms with Gasteiger partial charge in [0.2, 0.25) is 5.91 Å².